The second kappa shape index (κ2) is 7.16. The Labute approximate surface area is 142 Å². The van der Waals surface area contributed by atoms with Crippen molar-refractivity contribution in [1.29, 1.82) is 0 Å². The molecule has 1 amide bonds. The van der Waals surface area contributed by atoms with Crippen molar-refractivity contribution in [3.05, 3.63) is 64.2 Å². The van der Waals surface area contributed by atoms with E-state index in [2.05, 4.69) is 10.2 Å². The number of nitrogens with one attached hydrogen (secondary N) is 1. The van der Waals surface area contributed by atoms with Gasteiger partial charge in [-0.2, -0.15) is 0 Å². The fraction of sp³-hybridized carbons (Fsp3) is 0.316. The highest BCUT2D eigenvalue weighted by molar-refractivity contribution is 6.31. The Morgan fingerprint density at radius 1 is 1.13 bits per heavy atom. The van der Waals surface area contributed by atoms with Crippen LogP contribution in [-0.4, -0.2) is 23.9 Å². The summed E-state index contributed by atoms with van der Waals surface area (Å²) in [6.45, 7) is 5.25. The van der Waals surface area contributed by atoms with E-state index in [0.717, 1.165) is 17.8 Å². The van der Waals surface area contributed by atoms with E-state index in [0.29, 0.717) is 10.6 Å². The zero-order valence-electron chi connectivity index (χ0n) is 13.3. The molecular weight excluding hydrogens is 308 g/mol. The third-order valence-electron chi connectivity index (χ3n) is 4.24. The minimum absolute atomic E-state index is 0.0977. The van der Waals surface area contributed by atoms with Gasteiger partial charge in [0.15, 0.2) is 0 Å². The Bertz CT molecular complexity index is 691. The number of halogens is 1. The van der Waals surface area contributed by atoms with Gasteiger partial charge in [0.25, 0.3) is 5.91 Å². The number of hydrogen-bond acceptors (Lipinski definition) is 2. The van der Waals surface area contributed by atoms with Crippen molar-refractivity contribution >= 4 is 23.2 Å². The average Bonchev–Trinajstić information content (AvgIpc) is 3.04. The van der Waals surface area contributed by atoms with Gasteiger partial charge in [0.1, 0.15) is 0 Å². The van der Waals surface area contributed by atoms with Crippen LogP contribution in [-0.2, 0) is 6.54 Å². The first-order chi connectivity index (χ1) is 11.1. The van der Waals surface area contributed by atoms with E-state index >= 15 is 0 Å². The van der Waals surface area contributed by atoms with Gasteiger partial charge in [-0.1, -0.05) is 23.7 Å². The van der Waals surface area contributed by atoms with E-state index in [1.807, 2.05) is 43.3 Å². The molecule has 23 heavy (non-hydrogen) atoms. The van der Waals surface area contributed by atoms with Gasteiger partial charge in [0, 0.05) is 22.8 Å². The van der Waals surface area contributed by atoms with Crippen molar-refractivity contribution in [3.63, 3.8) is 0 Å². The van der Waals surface area contributed by atoms with Crippen molar-refractivity contribution in [3.8, 4) is 0 Å². The molecule has 0 atom stereocenters. The lowest BCUT2D eigenvalue weighted by molar-refractivity contribution is 0.102. The van der Waals surface area contributed by atoms with Crippen molar-refractivity contribution in [2.45, 2.75) is 26.3 Å². The molecule has 1 fully saturated rings. The van der Waals surface area contributed by atoms with Crippen molar-refractivity contribution < 1.29 is 4.79 Å². The van der Waals surface area contributed by atoms with Gasteiger partial charge in [0.05, 0.1) is 0 Å². The number of rotatable bonds is 4. The maximum absolute atomic E-state index is 12.3. The molecular formula is C19H21ClN2O. The lowest BCUT2D eigenvalue weighted by Gasteiger charge is -2.14. The van der Waals surface area contributed by atoms with Gasteiger partial charge < -0.3 is 5.32 Å². The molecule has 0 saturated carbocycles. The molecule has 0 aromatic heterocycles. The fourth-order valence-electron chi connectivity index (χ4n) is 2.89. The van der Waals surface area contributed by atoms with Crippen molar-refractivity contribution in [2.24, 2.45) is 0 Å². The molecule has 2 aromatic rings. The number of carbonyl (C=O) groups excluding carboxylic acids is 1. The van der Waals surface area contributed by atoms with Crippen LogP contribution >= 0.6 is 11.6 Å². The van der Waals surface area contributed by atoms with E-state index in [1.54, 1.807) is 6.07 Å². The molecule has 0 bridgehead atoms. The molecule has 1 N–H and O–H groups in total. The van der Waals surface area contributed by atoms with Gasteiger partial charge in [-0.25, -0.2) is 0 Å². The van der Waals surface area contributed by atoms with Crippen LogP contribution in [0.1, 0.15) is 34.3 Å². The number of likely N-dealkylation sites (tertiary alicyclic amines) is 1. The third-order valence-corrected chi connectivity index (χ3v) is 4.66. The Kier molecular flexibility index (Phi) is 4.99. The maximum atomic E-state index is 12.3. The topological polar surface area (TPSA) is 32.3 Å². The highest BCUT2D eigenvalue weighted by Gasteiger charge is 2.12. The highest BCUT2D eigenvalue weighted by atomic mass is 35.5. The SMILES string of the molecule is Cc1cc(NC(=O)c2ccc(CN3CCCC3)cc2)ccc1Cl. The summed E-state index contributed by atoms with van der Waals surface area (Å²) in [6.07, 6.45) is 2.59. The highest BCUT2D eigenvalue weighted by Crippen LogP contribution is 2.20. The van der Waals surface area contributed by atoms with E-state index < -0.39 is 0 Å². The normalized spacial score (nSPS) is 14.9. The molecule has 3 rings (SSSR count). The number of benzene rings is 2. The Hall–Kier alpha value is -1.84. The van der Waals surface area contributed by atoms with Crippen molar-refractivity contribution in [1.82, 2.24) is 4.90 Å². The third kappa shape index (κ3) is 4.12. The number of anilines is 1. The van der Waals surface area contributed by atoms with Crippen LogP contribution in [0.4, 0.5) is 5.69 Å². The van der Waals surface area contributed by atoms with Gasteiger partial charge in [-0.15, -0.1) is 0 Å². The summed E-state index contributed by atoms with van der Waals surface area (Å²) in [5, 5.41) is 3.61. The summed E-state index contributed by atoms with van der Waals surface area (Å²) < 4.78 is 0. The lowest BCUT2D eigenvalue weighted by atomic mass is 10.1. The van der Waals surface area contributed by atoms with Gasteiger partial charge in [-0.05, 0) is 74.3 Å². The summed E-state index contributed by atoms with van der Waals surface area (Å²) in [7, 11) is 0. The molecule has 2 aromatic carbocycles. The molecule has 1 aliphatic rings. The molecule has 1 saturated heterocycles. The molecule has 1 heterocycles. The molecule has 0 radical (unpaired) electrons. The summed E-state index contributed by atoms with van der Waals surface area (Å²) in [6, 6.07) is 13.4. The summed E-state index contributed by atoms with van der Waals surface area (Å²) in [4.78, 5) is 14.8. The standard InChI is InChI=1S/C19H21ClN2O/c1-14-12-17(8-9-18(14)20)21-19(23)16-6-4-15(5-7-16)13-22-10-2-3-11-22/h4-9,12H,2-3,10-11,13H2,1H3,(H,21,23). The first kappa shape index (κ1) is 16.0. The second-order valence-corrected chi connectivity index (χ2v) is 6.51. The molecule has 120 valence electrons. The van der Waals surface area contributed by atoms with Crippen LogP contribution in [0.25, 0.3) is 0 Å². The smallest absolute Gasteiger partial charge is 0.255 e. The van der Waals surface area contributed by atoms with E-state index in [4.69, 9.17) is 11.6 Å². The Morgan fingerprint density at radius 2 is 1.83 bits per heavy atom. The largest absolute Gasteiger partial charge is 0.322 e. The maximum Gasteiger partial charge on any atom is 0.255 e. The average molecular weight is 329 g/mol. The van der Waals surface area contributed by atoms with E-state index in [1.165, 1.54) is 31.5 Å². The molecule has 0 unspecified atom stereocenters. The number of amides is 1. The monoisotopic (exact) mass is 328 g/mol. The summed E-state index contributed by atoms with van der Waals surface area (Å²) >= 11 is 6.00. The number of carbonyl (C=O) groups is 1. The summed E-state index contributed by atoms with van der Waals surface area (Å²) in [5.74, 6) is -0.0977. The minimum Gasteiger partial charge on any atom is -0.322 e. The molecule has 0 spiro atoms. The van der Waals surface area contributed by atoms with E-state index in [-0.39, 0.29) is 5.91 Å². The predicted molar refractivity (Wildman–Crippen MR) is 95.1 cm³/mol. The first-order valence-electron chi connectivity index (χ1n) is 8.00. The van der Waals surface area contributed by atoms with E-state index in [9.17, 15) is 4.79 Å². The van der Waals surface area contributed by atoms with Crippen LogP contribution < -0.4 is 5.32 Å². The zero-order chi connectivity index (χ0) is 16.2. The molecule has 0 aliphatic carbocycles. The van der Waals surface area contributed by atoms with Crippen LogP contribution in [0.15, 0.2) is 42.5 Å². The molecule has 1 aliphatic heterocycles. The number of aryl methyl sites for hydroxylation is 1. The number of nitrogens with zero attached hydrogens (tertiary/aromatic N) is 1. The van der Waals surface area contributed by atoms with Crippen LogP contribution in [0.2, 0.25) is 5.02 Å². The lowest BCUT2D eigenvalue weighted by Crippen LogP contribution is -2.18. The predicted octanol–water partition coefficient (Wildman–Crippen LogP) is 4.50. The van der Waals surface area contributed by atoms with Crippen LogP contribution in [0, 0.1) is 6.92 Å². The fourth-order valence-corrected chi connectivity index (χ4v) is 3.00. The summed E-state index contributed by atoms with van der Waals surface area (Å²) in [5.41, 5.74) is 3.64. The quantitative estimate of drug-likeness (QED) is 0.896. The number of hydrogen-bond donors (Lipinski definition) is 1. The molecule has 3 nitrogen and oxygen atoms in total. The van der Waals surface area contributed by atoms with Gasteiger partial charge >= 0.3 is 0 Å². The zero-order valence-corrected chi connectivity index (χ0v) is 14.1. The Balaban J connectivity index is 1.63. The Morgan fingerprint density at radius 3 is 2.48 bits per heavy atom. The van der Waals surface area contributed by atoms with Gasteiger partial charge in [-0.3, -0.25) is 9.69 Å². The molecule has 4 heteroatoms. The van der Waals surface area contributed by atoms with Crippen LogP contribution in [0.3, 0.4) is 0 Å². The van der Waals surface area contributed by atoms with Gasteiger partial charge in [0.2, 0.25) is 0 Å². The van der Waals surface area contributed by atoms with Crippen molar-refractivity contribution in [2.75, 3.05) is 18.4 Å². The van der Waals surface area contributed by atoms with Crippen LogP contribution in [0.5, 0.6) is 0 Å². The first-order valence-corrected chi connectivity index (χ1v) is 8.38. The second-order valence-electron chi connectivity index (χ2n) is 6.10. The minimum atomic E-state index is -0.0977.